The molecule has 0 bridgehead atoms. The van der Waals surface area contributed by atoms with Gasteiger partial charge in [0.1, 0.15) is 5.60 Å². The van der Waals surface area contributed by atoms with Crippen molar-refractivity contribution in [2.45, 2.75) is 31.4 Å². The third kappa shape index (κ3) is 2.28. The van der Waals surface area contributed by atoms with Gasteiger partial charge in [0, 0.05) is 12.4 Å². The molecule has 96 valence electrons. The number of halogens is 1. The van der Waals surface area contributed by atoms with Crippen molar-refractivity contribution in [3.8, 4) is 0 Å². The Morgan fingerprint density at radius 1 is 1.33 bits per heavy atom. The van der Waals surface area contributed by atoms with Crippen molar-refractivity contribution >= 4 is 12.4 Å². The second-order valence-corrected chi connectivity index (χ2v) is 4.78. The second kappa shape index (κ2) is 5.12. The van der Waals surface area contributed by atoms with E-state index in [1.54, 1.807) is 12.5 Å². The lowest BCUT2D eigenvalue weighted by Gasteiger charge is -2.34. The standard InChI is InChI=1S/C14H16N2O.ClH/c17-14(10-16-9-8-15-11-16)7-3-5-12-4-1-2-6-13(12)14;/h1-2,4,6,8-9,11,17H,3,5,7,10H2;1H. The molecule has 3 rings (SSSR count). The third-order valence-electron chi connectivity index (χ3n) is 3.56. The highest BCUT2D eigenvalue weighted by molar-refractivity contribution is 5.85. The van der Waals surface area contributed by atoms with Gasteiger partial charge < -0.3 is 9.67 Å². The van der Waals surface area contributed by atoms with Gasteiger partial charge >= 0.3 is 0 Å². The minimum absolute atomic E-state index is 0. The van der Waals surface area contributed by atoms with Gasteiger partial charge in [0.25, 0.3) is 0 Å². The molecular formula is C14H17ClN2O. The molecule has 1 aromatic heterocycles. The van der Waals surface area contributed by atoms with Gasteiger partial charge in [0.2, 0.25) is 0 Å². The first-order valence-corrected chi connectivity index (χ1v) is 6.04. The summed E-state index contributed by atoms with van der Waals surface area (Å²) in [7, 11) is 0. The first-order chi connectivity index (χ1) is 8.28. The Bertz CT molecular complexity index is 512. The fraction of sp³-hybridized carbons (Fsp3) is 0.357. The number of benzene rings is 1. The maximum Gasteiger partial charge on any atom is 0.108 e. The molecule has 0 fully saturated rings. The molecule has 0 aliphatic heterocycles. The summed E-state index contributed by atoms with van der Waals surface area (Å²) in [4.78, 5) is 4.03. The lowest BCUT2D eigenvalue weighted by atomic mass is 9.79. The quantitative estimate of drug-likeness (QED) is 0.905. The first kappa shape index (κ1) is 13.1. The number of hydrogen-bond acceptors (Lipinski definition) is 2. The number of aromatic nitrogens is 2. The van der Waals surface area contributed by atoms with Crippen LogP contribution in [0.1, 0.15) is 24.0 Å². The highest BCUT2D eigenvalue weighted by atomic mass is 35.5. The van der Waals surface area contributed by atoms with E-state index >= 15 is 0 Å². The van der Waals surface area contributed by atoms with Gasteiger partial charge in [-0.1, -0.05) is 24.3 Å². The first-order valence-electron chi connectivity index (χ1n) is 6.04. The fourth-order valence-electron chi connectivity index (χ4n) is 2.74. The van der Waals surface area contributed by atoms with Crippen molar-refractivity contribution in [2.24, 2.45) is 0 Å². The highest BCUT2D eigenvalue weighted by Gasteiger charge is 2.34. The molecule has 0 spiro atoms. The lowest BCUT2D eigenvalue weighted by molar-refractivity contribution is 0.00146. The number of nitrogens with zero attached hydrogens (tertiary/aromatic N) is 2. The van der Waals surface area contributed by atoms with Crippen molar-refractivity contribution in [1.82, 2.24) is 9.55 Å². The van der Waals surface area contributed by atoms with Crippen molar-refractivity contribution in [2.75, 3.05) is 0 Å². The van der Waals surface area contributed by atoms with Crippen molar-refractivity contribution in [1.29, 1.82) is 0 Å². The number of aliphatic hydroxyl groups is 1. The van der Waals surface area contributed by atoms with E-state index in [0.29, 0.717) is 6.54 Å². The van der Waals surface area contributed by atoms with Crippen LogP contribution in [0.25, 0.3) is 0 Å². The second-order valence-electron chi connectivity index (χ2n) is 4.78. The molecule has 0 amide bonds. The third-order valence-corrected chi connectivity index (χ3v) is 3.56. The smallest absolute Gasteiger partial charge is 0.108 e. The maximum absolute atomic E-state index is 10.8. The predicted octanol–water partition coefficient (Wildman–Crippen LogP) is 2.53. The SMILES string of the molecule is Cl.OC1(Cn2ccnc2)CCCc2ccccc21. The molecule has 3 nitrogen and oxygen atoms in total. The van der Waals surface area contributed by atoms with E-state index in [0.717, 1.165) is 24.8 Å². The van der Waals surface area contributed by atoms with E-state index in [-0.39, 0.29) is 12.4 Å². The van der Waals surface area contributed by atoms with Crippen LogP contribution in [0.2, 0.25) is 0 Å². The summed E-state index contributed by atoms with van der Waals surface area (Å²) in [6, 6.07) is 8.21. The highest BCUT2D eigenvalue weighted by Crippen LogP contribution is 2.36. The van der Waals surface area contributed by atoms with Gasteiger partial charge in [0.15, 0.2) is 0 Å². The Labute approximate surface area is 113 Å². The van der Waals surface area contributed by atoms with Crippen molar-refractivity contribution < 1.29 is 5.11 Å². The zero-order valence-electron chi connectivity index (χ0n) is 10.1. The molecule has 1 aliphatic carbocycles. The summed E-state index contributed by atoms with van der Waals surface area (Å²) in [5, 5.41) is 10.8. The normalized spacial score (nSPS) is 22.1. The Balaban J connectivity index is 0.00000120. The monoisotopic (exact) mass is 264 g/mol. The average Bonchev–Trinajstić information content (AvgIpc) is 2.82. The summed E-state index contributed by atoms with van der Waals surface area (Å²) in [5.74, 6) is 0. The molecule has 0 saturated heterocycles. The van der Waals surface area contributed by atoms with Crippen LogP contribution in [0, 0.1) is 0 Å². The zero-order valence-corrected chi connectivity index (χ0v) is 10.9. The molecule has 2 aromatic rings. The Kier molecular flexibility index (Phi) is 3.73. The van der Waals surface area contributed by atoms with Gasteiger partial charge in [-0.2, -0.15) is 0 Å². The average molecular weight is 265 g/mol. The zero-order chi connectivity index (χ0) is 11.7. The van der Waals surface area contributed by atoms with E-state index in [4.69, 9.17) is 0 Å². The summed E-state index contributed by atoms with van der Waals surface area (Å²) in [5.41, 5.74) is 1.62. The van der Waals surface area contributed by atoms with Crippen LogP contribution in [0.15, 0.2) is 43.0 Å². The Morgan fingerprint density at radius 3 is 2.94 bits per heavy atom. The van der Waals surface area contributed by atoms with Crippen LogP contribution >= 0.6 is 12.4 Å². The molecule has 1 unspecified atom stereocenters. The largest absolute Gasteiger partial charge is 0.383 e. The lowest BCUT2D eigenvalue weighted by Crippen LogP contribution is -2.34. The van der Waals surface area contributed by atoms with Gasteiger partial charge in [0.05, 0.1) is 12.9 Å². The fourth-order valence-corrected chi connectivity index (χ4v) is 2.74. The van der Waals surface area contributed by atoms with Crippen molar-refractivity contribution in [3.05, 3.63) is 54.1 Å². The minimum Gasteiger partial charge on any atom is -0.383 e. The van der Waals surface area contributed by atoms with Crippen LogP contribution < -0.4 is 0 Å². The topological polar surface area (TPSA) is 38.0 Å². The molecule has 1 N–H and O–H groups in total. The summed E-state index contributed by atoms with van der Waals surface area (Å²) in [6.07, 6.45) is 8.34. The summed E-state index contributed by atoms with van der Waals surface area (Å²) in [6.45, 7) is 0.587. The van der Waals surface area contributed by atoms with Crippen LogP contribution in [-0.4, -0.2) is 14.7 Å². The molecule has 0 radical (unpaired) electrons. The molecule has 1 heterocycles. The van der Waals surface area contributed by atoms with Crippen LogP contribution in [0.4, 0.5) is 0 Å². The number of aryl methyl sites for hydroxylation is 1. The van der Waals surface area contributed by atoms with Crippen LogP contribution in [0.5, 0.6) is 0 Å². The van der Waals surface area contributed by atoms with Crippen LogP contribution in [0.3, 0.4) is 0 Å². The van der Waals surface area contributed by atoms with Gasteiger partial charge in [-0.3, -0.25) is 0 Å². The van der Waals surface area contributed by atoms with Gasteiger partial charge in [-0.05, 0) is 30.4 Å². The number of rotatable bonds is 2. The van der Waals surface area contributed by atoms with E-state index in [1.807, 2.05) is 29.0 Å². The number of hydrogen-bond donors (Lipinski definition) is 1. The Morgan fingerprint density at radius 2 is 2.17 bits per heavy atom. The Hall–Kier alpha value is -1.32. The summed E-state index contributed by atoms with van der Waals surface area (Å²) >= 11 is 0. The van der Waals surface area contributed by atoms with Crippen LogP contribution in [-0.2, 0) is 18.6 Å². The van der Waals surface area contributed by atoms with E-state index < -0.39 is 5.60 Å². The maximum atomic E-state index is 10.8. The minimum atomic E-state index is -0.741. The van der Waals surface area contributed by atoms with Crippen molar-refractivity contribution in [3.63, 3.8) is 0 Å². The van der Waals surface area contributed by atoms with Gasteiger partial charge in [-0.25, -0.2) is 4.98 Å². The molecule has 0 saturated carbocycles. The van der Waals surface area contributed by atoms with E-state index in [9.17, 15) is 5.11 Å². The predicted molar refractivity (Wildman–Crippen MR) is 72.8 cm³/mol. The molecular weight excluding hydrogens is 248 g/mol. The molecule has 1 atom stereocenters. The van der Waals surface area contributed by atoms with E-state index in [2.05, 4.69) is 11.1 Å². The molecule has 4 heteroatoms. The molecule has 1 aliphatic rings. The summed E-state index contributed by atoms with van der Waals surface area (Å²) < 4.78 is 1.95. The molecule has 1 aromatic carbocycles. The van der Waals surface area contributed by atoms with Gasteiger partial charge in [-0.15, -0.1) is 12.4 Å². The molecule has 18 heavy (non-hydrogen) atoms. The number of fused-ring (bicyclic) bond motifs is 1. The number of imidazole rings is 1. The van der Waals surface area contributed by atoms with E-state index in [1.165, 1.54) is 5.56 Å².